The maximum absolute atomic E-state index is 12.1. The fourth-order valence-corrected chi connectivity index (χ4v) is 2.61. The van der Waals surface area contributed by atoms with Crippen molar-refractivity contribution in [1.82, 2.24) is 9.88 Å². The summed E-state index contributed by atoms with van der Waals surface area (Å²) in [5.74, 6) is 0.00414. The van der Waals surface area contributed by atoms with Crippen molar-refractivity contribution in [2.75, 3.05) is 13.1 Å². The van der Waals surface area contributed by atoms with Crippen LogP contribution in [0.25, 0.3) is 0 Å². The molecule has 5 heteroatoms. The topological polar surface area (TPSA) is 42.4 Å². The van der Waals surface area contributed by atoms with Crippen molar-refractivity contribution in [1.29, 1.82) is 0 Å². The molecule has 2 heterocycles. The van der Waals surface area contributed by atoms with E-state index in [1.54, 1.807) is 10.9 Å². The Labute approximate surface area is 99.2 Å². The van der Waals surface area contributed by atoms with E-state index in [0.29, 0.717) is 18.8 Å². The molecule has 16 heavy (non-hydrogen) atoms. The van der Waals surface area contributed by atoms with E-state index in [1.807, 2.05) is 25.7 Å². The van der Waals surface area contributed by atoms with Crippen molar-refractivity contribution >= 4 is 17.2 Å². The van der Waals surface area contributed by atoms with Crippen LogP contribution in [-0.2, 0) is 4.74 Å². The normalized spacial score (nSPS) is 24.4. The molecule has 1 unspecified atom stereocenters. The van der Waals surface area contributed by atoms with Crippen LogP contribution in [0, 0.1) is 0 Å². The molecule has 0 spiro atoms. The lowest BCUT2D eigenvalue weighted by Gasteiger charge is -2.41. The molecule has 0 bridgehead atoms. The van der Waals surface area contributed by atoms with Crippen LogP contribution in [0.3, 0.4) is 0 Å². The van der Waals surface area contributed by atoms with Crippen molar-refractivity contribution in [2.45, 2.75) is 32.5 Å². The minimum absolute atomic E-state index is 0.00414. The molecule has 1 aliphatic heterocycles. The summed E-state index contributed by atoms with van der Waals surface area (Å²) >= 11 is 1.44. The maximum Gasteiger partial charge on any atom is 0.273 e. The van der Waals surface area contributed by atoms with Crippen molar-refractivity contribution < 1.29 is 9.53 Å². The highest BCUT2D eigenvalue weighted by atomic mass is 32.1. The van der Waals surface area contributed by atoms with Gasteiger partial charge in [0, 0.05) is 18.5 Å². The van der Waals surface area contributed by atoms with Gasteiger partial charge in [0.15, 0.2) is 0 Å². The standard InChI is InChI=1S/C11H16N2O2S/c1-8-4-13(6-11(2,3)15-8)10(14)9-5-16-7-12-9/h5,7-8H,4,6H2,1-3H3. The quantitative estimate of drug-likeness (QED) is 0.751. The Morgan fingerprint density at radius 3 is 3.00 bits per heavy atom. The number of thiazole rings is 1. The zero-order valence-electron chi connectivity index (χ0n) is 9.77. The van der Waals surface area contributed by atoms with E-state index >= 15 is 0 Å². The number of hydrogen-bond acceptors (Lipinski definition) is 4. The molecule has 0 aliphatic carbocycles. The van der Waals surface area contributed by atoms with E-state index < -0.39 is 0 Å². The van der Waals surface area contributed by atoms with Gasteiger partial charge in [-0.15, -0.1) is 11.3 Å². The maximum atomic E-state index is 12.1. The predicted octanol–water partition coefficient (Wildman–Crippen LogP) is 1.78. The number of carbonyl (C=O) groups excluding carboxylic acids is 1. The summed E-state index contributed by atoms with van der Waals surface area (Å²) in [4.78, 5) is 18.0. The Morgan fingerprint density at radius 1 is 1.69 bits per heavy atom. The van der Waals surface area contributed by atoms with Gasteiger partial charge in [0.1, 0.15) is 5.69 Å². The van der Waals surface area contributed by atoms with Crippen LogP contribution >= 0.6 is 11.3 Å². The molecule has 1 saturated heterocycles. The largest absolute Gasteiger partial charge is 0.369 e. The van der Waals surface area contributed by atoms with Gasteiger partial charge < -0.3 is 9.64 Å². The molecule has 88 valence electrons. The molecule has 0 N–H and O–H groups in total. The summed E-state index contributed by atoms with van der Waals surface area (Å²) in [7, 11) is 0. The number of nitrogens with zero attached hydrogens (tertiary/aromatic N) is 2. The number of ether oxygens (including phenoxy) is 1. The summed E-state index contributed by atoms with van der Waals surface area (Å²) in [6, 6.07) is 0. The van der Waals surface area contributed by atoms with E-state index in [9.17, 15) is 4.79 Å². The average molecular weight is 240 g/mol. The fraction of sp³-hybridized carbons (Fsp3) is 0.636. The zero-order valence-corrected chi connectivity index (χ0v) is 10.6. The van der Waals surface area contributed by atoms with Crippen LogP contribution in [0.15, 0.2) is 10.9 Å². The Bertz CT molecular complexity index is 375. The third-order valence-electron chi connectivity index (χ3n) is 2.51. The van der Waals surface area contributed by atoms with E-state index in [2.05, 4.69) is 4.98 Å². The summed E-state index contributed by atoms with van der Waals surface area (Å²) in [6.45, 7) is 7.25. The van der Waals surface area contributed by atoms with Crippen LogP contribution in [0.1, 0.15) is 31.3 Å². The van der Waals surface area contributed by atoms with Crippen LogP contribution in [0.5, 0.6) is 0 Å². The van der Waals surface area contributed by atoms with Crippen LogP contribution in [0.4, 0.5) is 0 Å². The number of aromatic nitrogens is 1. The number of amides is 1. The van der Waals surface area contributed by atoms with Gasteiger partial charge in [-0.3, -0.25) is 4.79 Å². The molecular formula is C11H16N2O2S. The highest BCUT2D eigenvalue weighted by Crippen LogP contribution is 2.22. The lowest BCUT2D eigenvalue weighted by atomic mass is 10.1. The van der Waals surface area contributed by atoms with Gasteiger partial charge in [-0.05, 0) is 20.8 Å². The monoisotopic (exact) mass is 240 g/mol. The molecule has 1 aliphatic rings. The van der Waals surface area contributed by atoms with Crippen LogP contribution in [0.2, 0.25) is 0 Å². The van der Waals surface area contributed by atoms with E-state index in [-0.39, 0.29) is 17.6 Å². The molecular weight excluding hydrogens is 224 g/mol. The van der Waals surface area contributed by atoms with Gasteiger partial charge in [0.25, 0.3) is 5.91 Å². The van der Waals surface area contributed by atoms with E-state index in [0.717, 1.165) is 0 Å². The van der Waals surface area contributed by atoms with Crippen molar-refractivity contribution in [3.8, 4) is 0 Å². The highest BCUT2D eigenvalue weighted by Gasteiger charge is 2.34. The summed E-state index contributed by atoms with van der Waals surface area (Å²) in [6.07, 6.45) is 0.0753. The van der Waals surface area contributed by atoms with Crippen molar-refractivity contribution in [3.05, 3.63) is 16.6 Å². The first-order valence-corrected chi connectivity index (χ1v) is 6.27. The molecule has 0 radical (unpaired) electrons. The third kappa shape index (κ3) is 2.41. The van der Waals surface area contributed by atoms with Crippen molar-refractivity contribution in [3.63, 3.8) is 0 Å². The minimum Gasteiger partial charge on any atom is -0.369 e. The molecule has 4 nitrogen and oxygen atoms in total. The fourth-order valence-electron chi connectivity index (χ4n) is 2.09. The molecule has 1 aromatic heterocycles. The minimum atomic E-state index is -0.274. The van der Waals surface area contributed by atoms with Crippen LogP contribution < -0.4 is 0 Å². The predicted molar refractivity (Wildman–Crippen MR) is 62.6 cm³/mol. The summed E-state index contributed by atoms with van der Waals surface area (Å²) in [5.41, 5.74) is 1.95. The second kappa shape index (κ2) is 4.14. The lowest BCUT2D eigenvalue weighted by molar-refractivity contribution is -0.118. The lowest BCUT2D eigenvalue weighted by Crippen LogP contribution is -2.53. The first-order valence-electron chi connectivity index (χ1n) is 5.33. The van der Waals surface area contributed by atoms with Gasteiger partial charge in [-0.1, -0.05) is 0 Å². The Morgan fingerprint density at radius 2 is 2.44 bits per heavy atom. The van der Waals surface area contributed by atoms with E-state index in [1.165, 1.54) is 11.3 Å². The van der Waals surface area contributed by atoms with Crippen molar-refractivity contribution in [2.24, 2.45) is 0 Å². The SMILES string of the molecule is CC1CN(C(=O)c2cscn2)CC(C)(C)O1. The molecule has 2 rings (SSSR count). The first kappa shape index (κ1) is 11.5. The van der Waals surface area contributed by atoms with Gasteiger partial charge in [-0.25, -0.2) is 4.98 Å². The van der Waals surface area contributed by atoms with E-state index in [4.69, 9.17) is 4.74 Å². The molecule has 1 atom stereocenters. The van der Waals surface area contributed by atoms with Gasteiger partial charge in [0.2, 0.25) is 0 Å². The molecule has 1 aromatic rings. The second-order valence-electron chi connectivity index (χ2n) is 4.75. The van der Waals surface area contributed by atoms with Gasteiger partial charge in [0.05, 0.1) is 17.2 Å². The Balaban J connectivity index is 2.12. The number of carbonyl (C=O) groups is 1. The molecule has 0 saturated carbocycles. The first-order chi connectivity index (χ1) is 7.48. The average Bonchev–Trinajstić information content (AvgIpc) is 2.65. The molecule has 0 aromatic carbocycles. The smallest absolute Gasteiger partial charge is 0.273 e. The highest BCUT2D eigenvalue weighted by molar-refractivity contribution is 7.07. The zero-order chi connectivity index (χ0) is 11.8. The van der Waals surface area contributed by atoms with Gasteiger partial charge >= 0.3 is 0 Å². The third-order valence-corrected chi connectivity index (χ3v) is 3.09. The van der Waals surface area contributed by atoms with Crippen LogP contribution in [-0.4, -0.2) is 40.6 Å². The second-order valence-corrected chi connectivity index (χ2v) is 5.47. The summed E-state index contributed by atoms with van der Waals surface area (Å²) in [5, 5.41) is 1.79. The summed E-state index contributed by atoms with van der Waals surface area (Å²) < 4.78 is 5.76. The number of rotatable bonds is 1. The van der Waals surface area contributed by atoms with Gasteiger partial charge in [-0.2, -0.15) is 0 Å². The number of morpholine rings is 1. The Hall–Kier alpha value is -0.940. The Kier molecular flexibility index (Phi) is 2.99. The number of hydrogen-bond donors (Lipinski definition) is 0. The molecule has 1 fully saturated rings. The molecule has 1 amide bonds.